The minimum atomic E-state index is -0.0567. The quantitative estimate of drug-likeness (QED) is 0.851. The Balaban J connectivity index is 1.50. The third-order valence-electron chi connectivity index (χ3n) is 5.43. The fraction of sp³-hybridized carbons (Fsp3) is 0.684. The molecule has 2 fully saturated rings. The topological polar surface area (TPSA) is 63.6 Å². The maximum atomic E-state index is 12.3. The highest BCUT2D eigenvalue weighted by atomic mass is 16.5. The Hall–Kier alpha value is -1.82. The molecule has 3 atom stereocenters. The van der Waals surface area contributed by atoms with Crippen LogP contribution in [0.15, 0.2) is 18.3 Å². The number of rotatable bonds is 6. The van der Waals surface area contributed by atoms with Crippen LogP contribution in [0.2, 0.25) is 0 Å². The number of aromatic nitrogens is 1. The summed E-state index contributed by atoms with van der Waals surface area (Å²) in [5.41, 5.74) is 0.660. The summed E-state index contributed by atoms with van der Waals surface area (Å²) in [6, 6.07) is 3.68. The molecule has 0 bridgehead atoms. The van der Waals surface area contributed by atoms with Crippen LogP contribution in [0, 0.1) is 17.8 Å². The van der Waals surface area contributed by atoms with Crippen LogP contribution in [0.1, 0.15) is 37.2 Å². The Kier molecular flexibility index (Phi) is 5.47. The fourth-order valence-electron chi connectivity index (χ4n) is 3.79. The molecule has 0 unspecified atom stereocenters. The van der Waals surface area contributed by atoms with Crippen molar-refractivity contribution in [2.24, 2.45) is 24.8 Å². The third-order valence-corrected chi connectivity index (χ3v) is 5.43. The van der Waals surface area contributed by atoms with Gasteiger partial charge in [-0.25, -0.2) is 0 Å². The lowest BCUT2D eigenvalue weighted by Gasteiger charge is -2.20. The van der Waals surface area contributed by atoms with Crippen molar-refractivity contribution in [3.63, 3.8) is 0 Å². The van der Waals surface area contributed by atoms with E-state index in [4.69, 9.17) is 4.74 Å². The van der Waals surface area contributed by atoms with E-state index in [9.17, 15) is 9.59 Å². The van der Waals surface area contributed by atoms with E-state index in [0.717, 1.165) is 13.0 Å². The highest BCUT2D eigenvalue weighted by molar-refractivity contribution is 5.92. The zero-order valence-corrected chi connectivity index (χ0v) is 15.4. The second-order valence-electron chi connectivity index (χ2n) is 7.74. The van der Waals surface area contributed by atoms with E-state index in [1.54, 1.807) is 0 Å². The number of carbonyl (C=O) groups is 2. The first-order valence-corrected chi connectivity index (χ1v) is 9.24. The third kappa shape index (κ3) is 4.06. The second-order valence-corrected chi connectivity index (χ2v) is 7.74. The van der Waals surface area contributed by atoms with Crippen molar-refractivity contribution in [1.82, 2.24) is 14.8 Å². The molecule has 2 aliphatic heterocycles. The molecule has 1 aromatic rings. The van der Waals surface area contributed by atoms with Gasteiger partial charge in [-0.05, 0) is 24.5 Å². The highest BCUT2D eigenvalue weighted by Crippen LogP contribution is 2.33. The van der Waals surface area contributed by atoms with Gasteiger partial charge in [0.2, 0.25) is 5.91 Å². The van der Waals surface area contributed by atoms with Crippen LogP contribution in [0.3, 0.4) is 0 Å². The van der Waals surface area contributed by atoms with Crippen LogP contribution in [-0.2, 0) is 16.6 Å². The van der Waals surface area contributed by atoms with Crippen LogP contribution >= 0.6 is 0 Å². The number of amides is 2. The van der Waals surface area contributed by atoms with Crippen molar-refractivity contribution in [2.45, 2.75) is 32.8 Å². The second kappa shape index (κ2) is 7.60. The van der Waals surface area contributed by atoms with E-state index >= 15 is 0 Å². The van der Waals surface area contributed by atoms with E-state index in [1.807, 2.05) is 34.8 Å². The van der Waals surface area contributed by atoms with Crippen LogP contribution in [0.5, 0.6) is 0 Å². The monoisotopic (exact) mass is 347 g/mol. The van der Waals surface area contributed by atoms with Crippen LogP contribution in [0.25, 0.3) is 0 Å². The van der Waals surface area contributed by atoms with Gasteiger partial charge in [-0.15, -0.1) is 0 Å². The number of aryl methyl sites for hydroxylation is 1. The Morgan fingerprint density at radius 3 is 2.84 bits per heavy atom. The van der Waals surface area contributed by atoms with E-state index in [-0.39, 0.29) is 23.8 Å². The number of fused-ring (bicyclic) bond motifs is 1. The molecule has 3 rings (SSSR count). The molecule has 2 amide bonds. The zero-order chi connectivity index (χ0) is 18.0. The number of hydrogen-bond acceptors (Lipinski definition) is 3. The van der Waals surface area contributed by atoms with Gasteiger partial charge < -0.3 is 19.5 Å². The summed E-state index contributed by atoms with van der Waals surface area (Å²) in [5.74, 6) is 1.33. The van der Waals surface area contributed by atoms with Gasteiger partial charge >= 0.3 is 0 Å². The molecular formula is C19H29N3O3. The Morgan fingerprint density at radius 1 is 1.36 bits per heavy atom. The normalized spacial score (nSPS) is 25.4. The minimum absolute atomic E-state index is 0.0567. The van der Waals surface area contributed by atoms with Gasteiger partial charge in [0.05, 0.1) is 12.7 Å². The fourth-order valence-corrected chi connectivity index (χ4v) is 3.79. The van der Waals surface area contributed by atoms with Crippen molar-refractivity contribution in [3.05, 3.63) is 24.0 Å². The molecule has 25 heavy (non-hydrogen) atoms. The molecular weight excluding hydrogens is 318 g/mol. The van der Waals surface area contributed by atoms with Crippen molar-refractivity contribution >= 4 is 11.8 Å². The molecule has 0 radical (unpaired) electrons. The van der Waals surface area contributed by atoms with Gasteiger partial charge in [0.1, 0.15) is 5.69 Å². The van der Waals surface area contributed by atoms with Gasteiger partial charge in [0, 0.05) is 51.1 Å². The maximum absolute atomic E-state index is 12.3. The first-order valence-electron chi connectivity index (χ1n) is 9.24. The molecule has 1 aromatic heterocycles. The molecule has 1 N–H and O–H groups in total. The Labute approximate surface area is 149 Å². The van der Waals surface area contributed by atoms with Gasteiger partial charge in [-0.3, -0.25) is 9.59 Å². The summed E-state index contributed by atoms with van der Waals surface area (Å²) in [6.07, 6.45) is 3.54. The Morgan fingerprint density at radius 2 is 2.16 bits per heavy atom. The van der Waals surface area contributed by atoms with Gasteiger partial charge in [-0.1, -0.05) is 13.8 Å². The van der Waals surface area contributed by atoms with Crippen LogP contribution in [0.4, 0.5) is 0 Å². The van der Waals surface area contributed by atoms with Gasteiger partial charge in [0.15, 0.2) is 0 Å². The lowest BCUT2D eigenvalue weighted by Crippen LogP contribution is -2.35. The van der Waals surface area contributed by atoms with Gasteiger partial charge in [-0.2, -0.15) is 0 Å². The lowest BCUT2D eigenvalue weighted by atomic mass is 9.93. The number of ether oxygens (including phenoxy) is 1. The van der Waals surface area contributed by atoms with Crippen LogP contribution < -0.4 is 5.32 Å². The summed E-state index contributed by atoms with van der Waals surface area (Å²) < 4.78 is 7.71. The number of hydrogen-bond donors (Lipinski definition) is 1. The molecule has 3 heterocycles. The molecule has 2 saturated heterocycles. The van der Waals surface area contributed by atoms with Crippen molar-refractivity contribution in [1.29, 1.82) is 0 Å². The molecule has 0 saturated carbocycles. The molecule has 0 aromatic carbocycles. The highest BCUT2D eigenvalue weighted by Gasteiger charge is 2.44. The molecule has 138 valence electrons. The number of likely N-dealkylation sites (tertiary alicyclic amines) is 1. The smallest absolute Gasteiger partial charge is 0.267 e. The predicted octanol–water partition coefficient (Wildman–Crippen LogP) is 1.66. The molecule has 0 aliphatic carbocycles. The predicted molar refractivity (Wildman–Crippen MR) is 95.1 cm³/mol. The summed E-state index contributed by atoms with van der Waals surface area (Å²) in [6.45, 7) is 6.99. The number of nitrogens with zero attached hydrogens (tertiary/aromatic N) is 2. The minimum Gasteiger partial charge on any atom is -0.376 e. The first kappa shape index (κ1) is 18.0. The largest absolute Gasteiger partial charge is 0.376 e. The summed E-state index contributed by atoms with van der Waals surface area (Å²) in [4.78, 5) is 26.6. The SMILES string of the molecule is CC(C)CCC(=O)N1C[C@@H]2[C@@H](CNC(=O)c3cccn3C)CO[C@@H]2C1. The molecule has 6 nitrogen and oxygen atoms in total. The van der Waals surface area contributed by atoms with E-state index in [1.165, 1.54) is 0 Å². The van der Waals surface area contributed by atoms with E-state index in [0.29, 0.717) is 43.6 Å². The van der Waals surface area contributed by atoms with Crippen molar-refractivity contribution < 1.29 is 14.3 Å². The summed E-state index contributed by atoms with van der Waals surface area (Å²) in [7, 11) is 1.86. The standard InChI is InChI=1S/C19H29N3O3/c1-13(2)6-7-18(23)22-10-15-14(12-25-17(15)11-22)9-20-19(24)16-5-4-8-21(16)3/h4-5,8,13-15,17H,6-7,9-12H2,1-3H3,(H,20,24)/t14-,15+,17+/m0/s1. The first-order chi connectivity index (χ1) is 12.0. The van der Waals surface area contributed by atoms with E-state index < -0.39 is 0 Å². The van der Waals surface area contributed by atoms with Crippen molar-refractivity contribution in [2.75, 3.05) is 26.2 Å². The Bertz CT molecular complexity index is 625. The number of nitrogens with one attached hydrogen (secondary N) is 1. The summed E-state index contributed by atoms with van der Waals surface area (Å²) in [5, 5.41) is 3.02. The van der Waals surface area contributed by atoms with E-state index in [2.05, 4.69) is 19.2 Å². The number of carbonyl (C=O) groups excluding carboxylic acids is 2. The lowest BCUT2D eigenvalue weighted by molar-refractivity contribution is -0.131. The van der Waals surface area contributed by atoms with Crippen LogP contribution in [-0.4, -0.2) is 53.6 Å². The van der Waals surface area contributed by atoms with Gasteiger partial charge in [0.25, 0.3) is 5.91 Å². The van der Waals surface area contributed by atoms with Crippen molar-refractivity contribution in [3.8, 4) is 0 Å². The average molecular weight is 347 g/mol. The molecule has 6 heteroatoms. The average Bonchev–Trinajstić information content (AvgIpc) is 3.26. The molecule has 2 aliphatic rings. The zero-order valence-electron chi connectivity index (χ0n) is 15.4. The maximum Gasteiger partial charge on any atom is 0.267 e. The summed E-state index contributed by atoms with van der Waals surface area (Å²) >= 11 is 0. The molecule has 0 spiro atoms.